The highest BCUT2D eigenvalue weighted by atomic mass is 79.9. The zero-order valence-electron chi connectivity index (χ0n) is 8.81. The number of halogens is 1. The zero-order valence-corrected chi connectivity index (χ0v) is 10.4. The summed E-state index contributed by atoms with van der Waals surface area (Å²) in [6.07, 6.45) is 0. The van der Waals surface area contributed by atoms with Crippen molar-refractivity contribution in [3.63, 3.8) is 0 Å². The Labute approximate surface area is 106 Å². The number of benzene rings is 3. The fraction of sp³-hybridized carbons (Fsp3) is 0. The van der Waals surface area contributed by atoms with Gasteiger partial charge < -0.3 is 10.2 Å². The molecule has 0 spiro atoms. The third-order valence-corrected chi connectivity index (χ3v) is 3.61. The molecule has 0 atom stereocenters. The Morgan fingerprint density at radius 1 is 0.706 bits per heavy atom. The van der Waals surface area contributed by atoms with Gasteiger partial charge in [-0.2, -0.15) is 0 Å². The van der Waals surface area contributed by atoms with Crippen LogP contribution in [0.1, 0.15) is 0 Å². The standard InChI is InChI=1S/C14H9BrO2/c15-11-7-3-6-9-8-4-1-2-5-10(8)13(16)14(17)12(9)11/h1-7,16-17H. The first-order chi connectivity index (χ1) is 8.20. The molecule has 17 heavy (non-hydrogen) atoms. The van der Waals surface area contributed by atoms with Gasteiger partial charge in [0.05, 0.1) is 0 Å². The van der Waals surface area contributed by atoms with Gasteiger partial charge in [0.15, 0.2) is 11.5 Å². The molecule has 3 rings (SSSR count). The molecular formula is C14H9BrO2. The third-order valence-electron chi connectivity index (χ3n) is 2.95. The van der Waals surface area contributed by atoms with Crippen molar-refractivity contribution in [2.24, 2.45) is 0 Å². The van der Waals surface area contributed by atoms with Crippen molar-refractivity contribution in [3.8, 4) is 11.5 Å². The molecule has 0 aliphatic heterocycles. The minimum Gasteiger partial charge on any atom is -0.504 e. The van der Waals surface area contributed by atoms with Crippen LogP contribution in [-0.4, -0.2) is 10.2 Å². The van der Waals surface area contributed by atoms with Gasteiger partial charge in [-0.1, -0.05) is 52.3 Å². The summed E-state index contributed by atoms with van der Waals surface area (Å²) < 4.78 is 0.772. The molecule has 0 unspecified atom stereocenters. The topological polar surface area (TPSA) is 40.5 Å². The van der Waals surface area contributed by atoms with Crippen LogP contribution >= 0.6 is 15.9 Å². The zero-order chi connectivity index (χ0) is 12.0. The maximum Gasteiger partial charge on any atom is 0.167 e. The minimum atomic E-state index is -0.0776. The fourth-order valence-electron chi connectivity index (χ4n) is 2.16. The lowest BCUT2D eigenvalue weighted by Gasteiger charge is -2.10. The smallest absolute Gasteiger partial charge is 0.167 e. The Morgan fingerprint density at radius 2 is 1.35 bits per heavy atom. The van der Waals surface area contributed by atoms with E-state index in [4.69, 9.17) is 0 Å². The van der Waals surface area contributed by atoms with E-state index in [1.165, 1.54) is 0 Å². The highest BCUT2D eigenvalue weighted by Crippen LogP contribution is 2.44. The molecule has 0 aliphatic rings. The highest BCUT2D eigenvalue weighted by molar-refractivity contribution is 9.10. The van der Waals surface area contributed by atoms with E-state index in [-0.39, 0.29) is 11.5 Å². The van der Waals surface area contributed by atoms with Gasteiger partial charge in [0, 0.05) is 15.2 Å². The number of hydrogen-bond acceptors (Lipinski definition) is 2. The van der Waals surface area contributed by atoms with Gasteiger partial charge in [0.25, 0.3) is 0 Å². The lowest BCUT2D eigenvalue weighted by molar-refractivity contribution is 0.412. The Balaban J connectivity index is 2.70. The summed E-state index contributed by atoms with van der Waals surface area (Å²) in [7, 11) is 0. The van der Waals surface area contributed by atoms with Crippen LogP contribution in [0.15, 0.2) is 46.9 Å². The summed E-state index contributed by atoms with van der Waals surface area (Å²) >= 11 is 3.40. The van der Waals surface area contributed by atoms with Crippen molar-refractivity contribution in [2.75, 3.05) is 0 Å². The van der Waals surface area contributed by atoms with Gasteiger partial charge in [-0.15, -0.1) is 0 Å². The molecule has 3 aromatic rings. The Morgan fingerprint density at radius 3 is 2.12 bits per heavy atom. The summed E-state index contributed by atoms with van der Waals surface area (Å²) in [6.45, 7) is 0. The predicted molar refractivity (Wildman–Crippen MR) is 72.5 cm³/mol. The average Bonchev–Trinajstić information content (AvgIpc) is 2.36. The van der Waals surface area contributed by atoms with Crippen LogP contribution in [0.4, 0.5) is 0 Å². The predicted octanol–water partition coefficient (Wildman–Crippen LogP) is 4.17. The Bertz CT molecular complexity index is 735. The first-order valence-corrected chi connectivity index (χ1v) is 6.00. The van der Waals surface area contributed by atoms with Crippen molar-refractivity contribution in [3.05, 3.63) is 46.9 Å². The Kier molecular flexibility index (Phi) is 2.23. The number of aromatic hydroxyl groups is 2. The molecule has 2 nitrogen and oxygen atoms in total. The normalized spacial score (nSPS) is 11.1. The molecule has 84 valence electrons. The number of phenolic OH excluding ortho intramolecular Hbond substituents is 2. The average molecular weight is 289 g/mol. The summed E-state index contributed by atoms with van der Waals surface area (Å²) in [4.78, 5) is 0. The molecule has 2 N–H and O–H groups in total. The van der Waals surface area contributed by atoms with E-state index >= 15 is 0 Å². The lowest BCUT2D eigenvalue weighted by Crippen LogP contribution is -1.82. The van der Waals surface area contributed by atoms with Crippen molar-refractivity contribution >= 4 is 37.5 Å². The van der Waals surface area contributed by atoms with Crippen molar-refractivity contribution in [1.82, 2.24) is 0 Å². The maximum absolute atomic E-state index is 10.1. The maximum atomic E-state index is 10.1. The van der Waals surface area contributed by atoms with Gasteiger partial charge in [0.1, 0.15) is 0 Å². The number of rotatable bonds is 0. The molecular weight excluding hydrogens is 280 g/mol. The molecule has 3 heteroatoms. The lowest BCUT2D eigenvalue weighted by atomic mass is 10.0. The summed E-state index contributed by atoms with van der Waals surface area (Å²) in [5.41, 5.74) is 0. The molecule has 0 aliphatic carbocycles. The minimum absolute atomic E-state index is 0.0694. The van der Waals surface area contributed by atoms with E-state index in [0.717, 1.165) is 15.2 Å². The van der Waals surface area contributed by atoms with Gasteiger partial charge in [-0.25, -0.2) is 0 Å². The molecule has 0 saturated heterocycles. The molecule has 0 fully saturated rings. The van der Waals surface area contributed by atoms with Crippen molar-refractivity contribution in [1.29, 1.82) is 0 Å². The van der Waals surface area contributed by atoms with Gasteiger partial charge in [-0.05, 0) is 16.8 Å². The number of fused-ring (bicyclic) bond motifs is 3. The molecule has 0 radical (unpaired) electrons. The van der Waals surface area contributed by atoms with Gasteiger partial charge in [0.2, 0.25) is 0 Å². The molecule has 0 heterocycles. The van der Waals surface area contributed by atoms with Crippen LogP contribution < -0.4 is 0 Å². The van der Waals surface area contributed by atoms with E-state index in [1.54, 1.807) is 6.07 Å². The second-order valence-electron chi connectivity index (χ2n) is 3.91. The summed E-state index contributed by atoms with van der Waals surface area (Å²) in [6, 6.07) is 13.2. The third kappa shape index (κ3) is 1.39. The number of hydrogen-bond donors (Lipinski definition) is 2. The summed E-state index contributed by atoms with van der Waals surface area (Å²) in [5, 5.41) is 23.2. The molecule has 0 aromatic heterocycles. The first kappa shape index (κ1) is 10.4. The van der Waals surface area contributed by atoms with Crippen LogP contribution in [0.5, 0.6) is 11.5 Å². The van der Waals surface area contributed by atoms with Crippen LogP contribution in [0.2, 0.25) is 0 Å². The second-order valence-corrected chi connectivity index (χ2v) is 4.76. The van der Waals surface area contributed by atoms with E-state index in [0.29, 0.717) is 10.8 Å². The van der Waals surface area contributed by atoms with Crippen LogP contribution in [0.25, 0.3) is 21.5 Å². The quantitative estimate of drug-likeness (QED) is 0.482. The van der Waals surface area contributed by atoms with Gasteiger partial charge in [-0.3, -0.25) is 0 Å². The fourth-order valence-corrected chi connectivity index (χ4v) is 2.71. The highest BCUT2D eigenvalue weighted by Gasteiger charge is 2.14. The van der Waals surface area contributed by atoms with E-state index in [1.807, 2.05) is 36.4 Å². The first-order valence-electron chi connectivity index (χ1n) is 5.21. The van der Waals surface area contributed by atoms with E-state index in [9.17, 15) is 10.2 Å². The molecule has 0 bridgehead atoms. The van der Waals surface area contributed by atoms with Crippen LogP contribution in [0, 0.1) is 0 Å². The monoisotopic (exact) mass is 288 g/mol. The van der Waals surface area contributed by atoms with Crippen LogP contribution in [-0.2, 0) is 0 Å². The molecule has 0 saturated carbocycles. The van der Waals surface area contributed by atoms with E-state index < -0.39 is 0 Å². The van der Waals surface area contributed by atoms with Crippen molar-refractivity contribution in [2.45, 2.75) is 0 Å². The SMILES string of the molecule is Oc1c(O)c2c(Br)cccc2c2ccccc12. The Hall–Kier alpha value is -1.74. The van der Waals surface area contributed by atoms with E-state index in [2.05, 4.69) is 15.9 Å². The van der Waals surface area contributed by atoms with Gasteiger partial charge >= 0.3 is 0 Å². The van der Waals surface area contributed by atoms with Crippen molar-refractivity contribution < 1.29 is 10.2 Å². The summed E-state index contributed by atoms with van der Waals surface area (Å²) in [5.74, 6) is -0.147. The molecule has 3 aromatic carbocycles. The largest absolute Gasteiger partial charge is 0.504 e. The van der Waals surface area contributed by atoms with Crippen LogP contribution in [0.3, 0.4) is 0 Å². The second kappa shape index (κ2) is 3.64. The molecule has 0 amide bonds. The number of phenols is 2.